The minimum absolute atomic E-state index is 0.0546. The van der Waals surface area contributed by atoms with Gasteiger partial charge < -0.3 is 10.0 Å². The van der Waals surface area contributed by atoms with Gasteiger partial charge in [0, 0.05) is 26.2 Å². The molecule has 0 bridgehead atoms. The van der Waals surface area contributed by atoms with Gasteiger partial charge in [0.25, 0.3) is 0 Å². The lowest BCUT2D eigenvalue weighted by molar-refractivity contribution is -0.140. The number of aliphatic carboxylic acids is 1. The highest BCUT2D eigenvalue weighted by Gasteiger charge is 2.26. The highest BCUT2D eigenvalue weighted by Crippen LogP contribution is 2.07. The van der Waals surface area contributed by atoms with E-state index in [1.54, 1.807) is 9.80 Å². The molecule has 0 aromatic carbocycles. The number of hydrogen-bond acceptors (Lipinski definition) is 5. The number of sulfonamides is 1. The molecule has 21 heavy (non-hydrogen) atoms. The van der Waals surface area contributed by atoms with Crippen molar-refractivity contribution in [2.45, 2.75) is 13.3 Å². The number of carboxylic acid groups (broad SMARTS) is 1. The van der Waals surface area contributed by atoms with E-state index in [9.17, 15) is 18.0 Å². The highest BCUT2D eigenvalue weighted by molar-refractivity contribution is 7.88. The molecule has 1 amide bonds. The van der Waals surface area contributed by atoms with Gasteiger partial charge in [0.05, 0.1) is 19.3 Å². The summed E-state index contributed by atoms with van der Waals surface area (Å²) in [5.41, 5.74) is 0. The molecule has 0 spiro atoms. The minimum Gasteiger partial charge on any atom is -0.480 e. The van der Waals surface area contributed by atoms with E-state index in [1.807, 2.05) is 6.92 Å². The molecule has 0 radical (unpaired) electrons. The van der Waals surface area contributed by atoms with E-state index in [4.69, 9.17) is 5.11 Å². The molecule has 122 valence electrons. The van der Waals surface area contributed by atoms with Gasteiger partial charge in [0.15, 0.2) is 0 Å². The molecule has 1 saturated heterocycles. The van der Waals surface area contributed by atoms with Crippen LogP contribution in [0.1, 0.15) is 13.3 Å². The van der Waals surface area contributed by atoms with E-state index in [-0.39, 0.29) is 32.1 Å². The van der Waals surface area contributed by atoms with Crippen molar-refractivity contribution in [2.75, 3.05) is 52.1 Å². The Bertz CT molecular complexity index is 471. The second-order valence-corrected chi connectivity index (χ2v) is 7.13. The lowest BCUT2D eigenvalue weighted by atomic mass is 10.3. The van der Waals surface area contributed by atoms with Gasteiger partial charge in [-0.05, 0) is 13.0 Å². The first-order chi connectivity index (χ1) is 9.74. The van der Waals surface area contributed by atoms with Crippen LogP contribution < -0.4 is 0 Å². The quantitative estimate of drug-likeness (QED) is 0.638. The highest BCUT2D eigenvalue weighted by atomic mass is 32.2. The van der Waals surface area contributed by atoms with Crippen LogP contribution in [0.3, 0.4) is 0 Å². The zero-order valence-electron chi connectivity index (χ0n) is 12.5. The van der Waals surface area contributed by atoms with Gasteiger partial charge in [-0.2, -0.15) is 4.31 Å². The number of carbonyl (C=O) groups excluding carboxylic acids is 1. The van der Waals surface area contributed by atoms with Crippen LogP contribution in [0.5, 0.6) is 0 Å². The average Bonchev–Trinajstić information content (AvgIpc) is 2.37. The van der Waals surface area contributed by atoms with Gasteiger partial charge in [-0.1, -0.05) is 6.92 Å². The summed E-state index contributed by atoms with van der Waals surface area (Å²) in [7, 11) is -3.22. The maximum atomic E-state index is 12.1. The smallest absolute Gasteiger partial charge is 0.317 e. The van der Waals surface area contributed by atoms with E-state index in [2.05, 4.69) is 0 Å². The maximum absolute atomic E-state index is 12.1. The number of amides is 1. The topological polar surface area (TPSA) is 98.2 Å². The molecule has 1 rings (SSSR count). The third-order valence-electron chi connectivity index (χ3n) is 3.32. The molecule has 1 aliphatic heterocycles. The third kappa shape index (κ3) is 5.98. The fourth-order valence-electron chi connectivity index (χ4n) is 2.28. The average molecular weight is 321 g/mol. The first-order valence-electron chi connectivity index (χ1n) is 6.91. The van der Waals surface area contributed by atoms with Crippen LogP contribution in [-0.4, -0.2) is 91.6 Å². The van der Waals surface area contributed by atoms with E-state index in [0.717, 1.165) is 12.7 Å². The summed E-state index contributed by atoms with van der Waals surface area (Å²) in [5.74, 6) is -1.11. The monoisotopic (exact) mass is 321 g/mol. The Balaban J connectivity index is 2.51. The van der Waals surface area contributed by atoms with Crippen molar-refractivity contribution in [3.05, 3.63) is 0 Å². The van der Waals surface area contributed by atoms with Gasteiger partial charge >= 0.3 is 5.97 Å². The van der Waals surface area contributed by atoms with Crippen LogP contribution >= 0.6 is 0 Å². The number of hydrogen-bond donors (Lipinski definition) is 1. The number of rotatable bonds is 7. The third-order valence-corrected chi connectivity index (χ3v) is 4.62. The first-order valence-corrected chi connectivity index (χ1v) is 8.76. The van der Waals surface area contributed by atoms with Gasteiger partial charge in [-0.3, -0.25) is 14.5 Å². The molecular formula is C12H23N3O5S. The largest absolute Gasteiger partial charge is 0.480 e. The molecular weight excluding hydrogens is 298 g/mol. The molecule has 0 aromatic rings. The minimum atomic E-state index is -3.22. The second kappa shape index (κ2) is 7.71. The van der Waals surface area contributed by atoms with Gasteiger partial charge in [0.2, 0.25) is 15.9 Å². The molecule has 1 heterocycles. The maximum Gasteiger partial charge on any atom is 0.317 e. The fraction of sp³-hybridized carbons (Fsp3) is 0.833. The van der Waals surface area contributed by atoms with Gasteiger partial charge in [-0.15, -0.1) is 0 Å². The van der Waals surface area contributed by atoms with Crippen LogP contribution in [0.25, 0.3) is 0 Å². The summed E-state index contributed by atoms with van der Waals surface area (Å²) >= 11 is 0. The second-order valence-electron chi connectivity index (χ2n) is 5.15. The Kier molecular flexibility index (Phi) is 6.56. The number of carbonyl (C=O) groups is 2. The molecule has 0 unspecified atom stereocenters. The summed E-state index contributed by atoms with van der Waals surface area (Å²) < 4.78 is 24.1. The van der Waals surface area contributed by atoms with E-state index >= 15 is 0 Å². The molecule has 0 aromatic heterocycles. The summed E-state index contributed by atoms with van der Waals surface area (Å²) in [6.07, 6.45) is 1.92. The zero-order chi connectivity index (χ0) is 16.0. The van der Waals surface area contributed by atoms with Crippen molar-refractivity contribution in [3.8, 4) is 0 Å². The molecule has 0 aliphatic carbocycles. The molecule has 0 atom stereocenters. The normalized spacial score (nSPS) is 17.2. The number of nitrogens with zero attached hydrogens (tertiary/aromatic N) is 3. The van der Waals surface area contributed by atoms with Crippen LogP contribution in [0.15, 0.2) is 0 Å². The summed E-state index contributed by atoms with van der Waals surface area (Å²) in [5, 5.41) is 8.82. The summed E-state index contributed by atoms with van der Waals surface area (Å²) in [6, 6.07) is 0. The fourth-order valence-corrected chi connectivity index (χ4v) is 3.11. The predicted molar refractivity (Wildman–Crippen MR) is 77.4 cm³/mol. The van der Waals surface area contributed by atoms with Crippen molar-refractivity contribution in [1.82, 2.24) is 14.1 Å². The summed E-state index contributed by atoms with van der Waals surface area (Å²) in [6.45, 7) is 3.62. The number of piperazine rings is 1. The van der Waals surface area contributed by atoms with Crippen LogP contribution in [-0.2, 0) is 19.6 Å². The zero-order valence-corrected chi connectivity index (χ0v) is 13.3. The molecule has 8 nitrogen and oxygen atoms in total. The number of carboxylic acids is 1. The van der Waals surface area contributed by atoms with Gasteiger partial charge in [-0.25, -0.2) is 8.42 Å². The lowest BCUT2D eigenvalue weighted by Crippen LogP contribution is -2.52. The SMILES string of the molecule is CCCN(CC(=O)O)CC(=O)N1CCN(S(C)(=O)=O)CC1. The first kappa shape index (κ1) is 17.9. The Hall–Kier alpha value is -1.19. The predicted octanol–water partition coefficient (Wildman–Crippen LogP) is -1.11. The van der Waals surface area contributed by atoms with Crippen LogP contribution in [0.4, 0.5) is 0 Å². The molecule has 9 heteroatoms. The molecule has 0 saturated carbocycles. The molecule has 1 aliphatic rings. The van der Waals surface area contributed by atoms with Gasteiger partial charge in [0.1, 0.15) is 0 Å². The van der Waals surface area contributed by atoms with Crippen molar-refractivity contribution in [3.63, 3.8) is 0 Å². The summed E-state index contributed by atoms with van der Waals surface area (Å²) in [4.78, 5) is 26.1. The van der Waals surface area contributed by atoms with E-state index < -0.39 is 16.0 Å². The van der Waals surface area contributed by atoms with Crippen molar-refractivity contribution >= 4 is 21.9 Å². The van der Waals surface area contributed by atoms with Crippen LogP contribution in [0, 0.1) is 0 Å². The van der Waals surface area contributed by atoms with Crippen molar-refractivity contribution < 1.29 is 23.1 Å². The van der Waals surface area contributed by atoms with Crippen molar-refractivity contribution in [1.29, 1.82) is 0 Å². The Morgan fingerprint density at radius 2 is 1.71 bits per heavy atom. The standard InChI is InChI=1S/C12H23N3O5S/c1-3-4-13(10-12(17)18)9-11(16)14-5-7-15(8-6-14)21(2,19)20/h3-10H2,1-2H3,(H,17,18). The lowest BCUT2D eigenvalue weighted by Gasteiger charge is -2.34. The molecule has 1 fully saturated rings. The molecule has 1 N–H and O–H groups in total. The van der Waals surface area contributed by atoms with Crippen molar-refractivity contribution in [2.24, 2.45) is 0 Å². The van der Waals surface area contributed by atoms with E-state index in [0.29, 0.717) is 19.6 Å². The van der Waals surface area contributed by atoms with Crippen LogP contribution in [0.2, 0.25) is 0 Å². The Morgan fingerprint density at radius 1 is 1.14 bits per heavy atom. The Morgan fingerprint density at radius 3 is 2.14 bits per heavy atom. The Labute approximate surface area is 125 Å². The van der Waals surface area contributed by atoms with E-state index in [1.165, 1.54) is 4.31 Å².